The van der Waals surface area contributed by atoms with Crippen LogP contribution in [0.2, 0.25) is 0 Å². The van der Waals surface area contributed by atoms with Gasteiger partial charge in [-0.3, -0.25) is 4.79 Å². The molecular formula is C20H24F3NO3. The molecule has 3 aliphatic rings. The lowest BCUT2D eigenvalue weighted by Crippen LogP contribution is -2.67. The molecule has 1 N–H and O–H groups in total. The van der Waals surface area contributed by atoms with Crippen LogP contribution in [0.4, 0.5) is 13.2 Å². The second-order valence-corrected chi connectivity index (χ2v) is 8.92. The van der Waals surface area contributed by atoms with Gasteiger partial charge in [-0.25, -0.2) is 0 Å². The number of ether oxygens (including phenoxy) is 1. The van der Waals surface area contributed by atoms with Crippen molar-refractivity contribution >= 4 is 5.91 Å². The summed E-state index contributed by atoms with van der Waals surface area (Å²) in [7, 11) is 0. The smallest absolute Gasteiger partial charge is 0.416 e. The Morgan fingerprint density at radius 3 is 2.41 bits per heavy atom. The monoisotopic (exact) mass is 383 g/mol. The van der Waals surface area contributed by atoms with Gasteiger partial charge in [-0.15, -0.1) is 0 Å². The number of likely N-dealkylation sites (tertiary alicyclic amines) is 1. The van der Waals surface area contributed by atoms with Gasteiger partial charge in [-0.1, -0.05) is 6.07 Å². The van der Waals surface area contributed by atoms with Gasteiger partial charge < -0.3 is 14.7 Å². The Morgan fingerprint density at radius 1 is 1.22 bits per heavy atom. The lowest BCUT2D eigenvalue weighted by Gasteiger charge is -2.59. The molecule has 2 aliphatic carbocycles. The second-order valence-electron chi connectivity index (χ2n) is 8.92. The van der Waals surface area contributed by atoms with E-state index in [2.05, 4.69) is 0 Å². The summed E-state index contributed by atoms with van der Waals surface area (Å²) in [4.78, 5) is 14.2. The Hall–Kier alpha value is -1.76. The van der Waals surface area contributed by atoms with Crippen molar-refractivity contribution in [2.75, 3.05) is 13.1 Å². The molecule has 7 heteroatoms. The summed E-state index contributed by atoms with van der Waals surface area (Å²) in [6.07, 6.45) is -1.92. The predicted octanol–water partition coefficient (Wildman–Crippen LogP) is 3.54. The molecule has 0 aromatic heterocycles. The van der Waals surface area contributed by atoms with E-state index in [0.29, 0.717) is 25.9 Å². The number of alkyl halides is 3. The number of benzene rings is 1. The highest BCUT2D eigenvalue weighted by Gasteiger charge is 2.56. The average molecular weight is 383 g/mol. The maximum atomic E-state index is 13.0. The number of amides is 1. The molecule has 1 saturated heterocycles. The quantitative estimate of drug-likeness (QED) is 0.869. The van der Waals surface area contributed by atoms with Crippen LogP contribution >= 0.6 is 0 Å². The minimum absolute atomic E-state index is 0.0597. The fourth-order valence-corrected chi connectivity index (χ4v) is 4.77. The van der Waals surface area contributed by atoms with Crippen molar-refractivity contribution in [3.63, 3.8) is 0 Å². The lowest BCUT2D eigenvalue weighted by molar-refractivity contribution is -0.174. The van der Waals surface area contributed by atoms with Gasteiger partial charge in [0.15, 0.2) is 0 Å². The van der Waals surface area contributed by atoms with Gasteiger partial charge in [0, 0.05) is 24.4 Å². The largest absolute Gasteiger partial charge is 0.490 e. The third-order valence-electron chi connectivity index (χ3n) is 6.22. The maximum absolute atomic E-state index is 13.0. The molecule has 4 nitrogen and oxygen atoms in total. The fraction of sp³-hybridized carbons (Fsp3) is 0.650. The summed E-state index contributed by atoms with van der Waals surface area (Å²) in [5.41, 5.74) is -1.12. The van der Waals surface area contributed by atoms with E-state index in [-0.39, 0.29) is 34.7 Å². The zero-order chi connectivity index (χ0) is 19.6. The van der Waals surface area contributed by atoms with Crippen LogP contribution in [0.15, 0.2) is 18.2 Å². The number of aryl methyl sites for hydroxylation is 1. The van der Waals surface area contributed by atoms with Crippen molar-refractivity contribution in [1.82, 2.24) is 4.90 Å². The molecule has 1 spiro atoms. The summed E-state index contributed by atoms with van der Waals surface area (Å²) in [5.74, 6) is 0.291. The molecule has 1 aliphatic heterocycles. The number of halogens is 3. The van der Waals surface area contributed by atoms with Crippen LogP contribution in [-0.4, -0.2) is 40.7 Å². The van der Waals surface area contributed by atoms with Crippen LogP contribution in [0.3, 0.4) is 0 Å². The standard InChI is InChI=1S/C20H24F3NO3/c1-12-3-4-14(5-16(12)20(21,22)23)27-15-8-19(9-15)10-24(11-19)17(25)13-6-18(2,26)7-13/h3-5,13,15,26H,6-11H2,1-2H3/t13-,18+. The SMILES string of the molecule is Cc1ccc(OC2CC3(C2)CN(C(=O)[C@H]2C[C@@](C)(O)C2)C3)cc1C(F)(F)F. The molecule has 4 rings (SSSR count). The van der Waals surface area contributed by atoms with Crippen molar-refractivity contribution in [3.05, 3.63) is 29.3 Å². The molecular weight excluding hydrogens is 359 g/mol. The summed E-state index contributed by atoms with van der Waals surface area (Å²) < 4.78 is 44.8. The van der Waals surface area contributed by atoms with Crippen molar-refractivity contribution in [2.45, 2.75) is 57.4 Å². The molecule has 3 fully saturated rings. The Balaban J connectivity index is 1.27. The van der Waals surface area contributed by atoms with Gasteiger partial charge in [-0.2, -0.15) is 13.2 Å². The Labute approximate surface area is 156 Å². The second kappa shape index (κ2) is 5.87. The lowest BCUT2D eigenvalue weighted by atomic mass is 9.61. The van der Waals surface area contributed by atoms with E-state index in [1.165, 1.54) is 13.0 Å². The maximum Gasteiger partial charge on any atom is 0.416 e. The average Bonchev–Trinajstić information content (AvgIpc) is 2.45. The van der Waals surface area contributed by atoms with Crippen LogP contribution in [0.25, 0.3) is 0 Å². The molecule has 2 saturated carbocycles. The number of hydrogen-bond acceptors (Lipinski definition) is 3. The molecule has 0 unspecified atom stereocenters. The van der Waals surface area contributed by atoms with Gasteiger partial charge in [0.25, 0.3) is 0 Å². The summed E-state index contributed by atoms with van der Waals surface area (Å²) >= 11 is 0. The first kappa shape index (κ1) is 18.6. The van der Waals surface area contributed by atoms with Crippen LogP contribution in [-0.2, 0) is 11.0 Å². The number of aliphatic hydroxyl groups is 1. The summed E-state index contributed by atoms with van der Waals surface area (Å²) in [5, 5.41) is 9.77. The normalized spacial score (nSPS) is 29.7. The van der Waals surface area contributed by atoms with E-state index in [0.717, 1.165) is 18.9 Å². The molecule has 1 aromatic carbocycles. The fourth-order valence-electron chi connectivity index (χ4n) is 4.77. The van der Waals surface area contributed by atoms with E-state index in [4.69, 9.17) is 4.74 Å². The van der Waals surface area contributed by atoms with Gasteiger partial charge in [0.05, 0.1) is 11.2 Å². The van der Waals surface area contributed by atoms with Gasteiger partial charge in [0.2, 0.25) is 5.91 Å². The third-order valence-corrected chi connectivity index (χ3v) is 6.22. The number of nitrogens with zero attached hydrogens (tertiary/aromatic N) is 1. The van der Waals surface area contributed by atoms with Gasteiger partial charge in [0.1, 0.15) is 11.9 Å². The first-order valence-corrected chi connectivity index (χ1v) is 9.32. The highest BCUT2D eigenvalue weighted by molar-refractivity contribution is 5.81. The van der Waals surface area contributed by atoms with Gasteiger partial charge >= 0.3 is 6.18 Å². The molecule has 0 radical (unpaired) electrons. The molecule has 27 heavy (non-hydrogen) atoms. The number of hydrogen-bond donors (Lipinski definition) is 1. The molecule has 0 bridgehead atoms. The van der Waals surface area contributed by atoms with Crippen LogP contribution in [0, 0.1) is 18.3 Å². The zero-order valence-corrected chi connectivity index (χ0v) is 15.5. The molecule has 0 atom stereocenters. The van der Waals surface area contributed by atoms with Crippen LogP contribution < -0.4 is 4.74 Å². The van der Waals surface area contributed by atoms with E-state index in [1.54, 1.807) is 13.0 Å². The van der Waals surface area contributed by atoms with Gasteiger partial charge in [-0.05, 0) is 57.2 Å². The van der Waals surface area contributed by atoms with Crippen molar-refractivity contribution in [2.24, 2.45) is 11.3 Å². The zero-order valence-electron chi connectivity index (χ0n) is 15.5. The third kappa shape index (κ3) is 3.42. The topological polar surface area (TPSA) is 49.8 Å². The minimum atomic E-state index is -4.38. The highest BCUT2D eigenvalue weighted by atomic mass is 19.4. The molecule has 1 amide bonds. The van der Waals surface area contributed by atoms with E-state index >= 15 is 0 Å². The summed E-state index contributed by atoms with van der Waals surface area (Å²) in [6, 6.07) is 4.08. The van der Waals surface area contributed by atoms with Crippen LogP contribution in [0.5, 0.6) is 5.75 Å². The summed E-state index contributed by atoms with van der Waals surface area (Å²) in [6.45, 7) is 4.56. The molecule has 148 valence electrons. The van der Waals surface area contributed by atoms with E-state index in [1.807, 2.05) is 4.90 Å². The van der Waals surface area contributed by atoms with Crippen molar-refractivity contribution in [1.29, 1.82) is 0 Å². The Morgan fingerprint density at radius 2 is 1.85 bits per heavy atom. The molecule has 1 aromatic rings. The minimum Gasteiger partial charge on any atom is -0.490 e. The Kier molecular flexibility index (Phi) is 4.04. The van der Waals surface area contributed by atoms with E-state index < -0.39 is 17.3 Å². The number of carbonyl (C=O) groups is 1. The van der Waals surface area contributed by atoms with E-state index in [9.17, 15) is 23.1 Å². The predicted molar refractivity (Wildman–Crippen MR) is 92.2 cm³/mol. The Bertz CT molecular complexity index is 752. The van der Waals surface area contributed by atoms with Crippen molar-refractivity contribution in [3.8, 4) is 5.75 Å². The number of rotatable bonds is 3. The van der Waals surface area contributed by atoms with Crippen molar-refractivity contribution < 1.29 is 27.8 Å². The molecule has 1 heterocycles. The first-order chi connectivity index (χ1) is 12.5. The highest BCUT2D eigenvalue weighted by Crippen LogP contribution is 2.51. The first-order valence-electron chi connectivity index (χ1n) is 9.32. The number of carbonyl (C=O) groups excluding carboxylic acids is 1. The van der Waals surface area contributed by atoms with Crippen LogP contribution in [0.1, 0.15) is 43.7 Å².